The van der Waals surface area contributed by atoms with Crippen LogP contribution < -0.4 is 0 Å². The summed E-state index contributed by atoms with van der Waals surface area (Å²) in [6.45, 7) is 2.09. The van der Waals surface area contributed by atoms with Crippen molar-refractivity contribution in [3.8, 4) is 0 Å². The maximum absolute atomic E-state index is 12.7. The molecule has 1 saturated heterocycles. The first-order valence-electron chi connectivity index (χ1n) is 6.26. The van der Waals surface area contributed by atoms with E-state index in [9.17, 15) is 17.2 Å². The van der Waals surface area contributed by atoms with E-state index in [1.165, 1.54) is 16.4 Å². The number of benzene rings is 1. The fraction of sp³-hybridized carbons (Fsp3) is 0.538. The standard InChI is InChI=1S/C13H17F2NO2S/c1-10-4-6-12(7-5-10)19(17,18)16-8-2-3-11(9-16)13(14)15/h4-7,11,13H,2-3,8-9H2,1H3/t11-/m0/s1. The molecule has 19 heavy (non-hydrogen) atoms. The van der Waals surface area contributed by atoms with E-state index in [4.69, 9.17) is 0 Å². The maximum atomic E-state index is 12.7. The molecule has 0 aromatic heterocycles. The van der Waals surface area contributed by atoms with Gasteiger partial charge in [0, 0.05) is 19.0 Å². The summed E-state index contributed by atoms with van der Waals surface area (Å²) in [5, 5.41) is 0. The van der Waals surface area contributed by atoms with Gasteiger partial charge in [-0.05, 0) is 31.9 Å². The highest BCUT2D eigenvalue weighted by Crippen LogP contribution is 2.27. The van der Waals surface area contributed by atoms with Gasteiger partial charge in [0.1, 0.15) is 0 Å². The third-order valence-electron chi connectivity index (χ3n) is 3.44. The number of sulfonamides is 1. The molecule has 0 radical (unpaired) electrons. The Balaban J connectivity index is 2.22. The lowest BCUT2D eigenvalue weighted by atomic mass is 10.0. The molecule has 0 aliphatic carbocycles. The van der Waals surface area contributed by atoms with E-state index < -0.39 is 22.4 Å². The van der Waals surface area contributed by atoms with Gasteiger partial charge in [0.2, 0.25) is 16.4 Å². The Hall–Kier alpha value is -1.01. The molecule has 1 aromatic rings. The monoisotopic (exact) mass is 289 g/mol. The summed E-state index contributed by atoms with van der Waals surface area (Å²) < 4.78 is 51.3. The van der Waals surface area contributed by atoms with Crippen molar-refractivity contribution >= 4 is 10.0 Å². The number of alkyl halides is 2. The number of hydrogen-bond acceptors (Lipinski definition) is 2. The summed E-state index contributed by atoms with van der Waals surface area (Å²) in [6.07, 6.45) is -1.59. The molecule has 1 aliphatic rings. The zero-order chi connectivity index (χ0) is 14.0. The summed E-state index contributed by atoms with van der Waals surface area (Å²) >= 11 is 0. The van der Waals surface area contributed by atoms with Crippen molar-refractivity contribution in [2.75, 3.05) is 13.1 Å². The molecule has 0 spiro atoms. The molecule has 0 amide bonds. The number of hydrogen-bond donors (Lipinski definition) is 0. The lowest BCUT2D eigenvalue weighted by Gasteiger charge is -2.31. The van der Waals surface area contributed by atoms with E-state index in [2.05, 4.69) is 0 Å². The van der Waals surface area contributed by atoms with Crippen LogP contribution in [0.2, 0.25) is 0 Å². The van der Waals surface area contributed by atoms with E-state index in [0.29, 0.717) is 19.4 Å². The van der Waals surface area contributed by atoms with Crippen LogP contribution in [0.5, 0.6) is 0 Å². The van der Waals surface area contributed by atoms with Gasteiger partial charge >= 0.3 is 0 Å². The second-order valence-electron chi connectivity index (χ2n) is 4.91. The summed E-state index contributed by atoms with van der Waals surface area (Å²) in [5.74, 6) is -0.853. The van der Waals surface area contributed by atoms with Crippen molar-refractivity contribution in [3.05, 3.63) is 29.8 Å². The number of rotatable bonds is 3. The van der Waals surface area contributed by atoms with Crippen LogP contribution in [0.25, 0.3) is 0 Å². The van der Waals surface area contributed by atoms with Gasteiger partial charge in [0.05, 0.1) is 4.90 Å². The van der Waals surface area contributed by atoms with Gasteiger partial charge in [-0.15, -0.1) is 0 Å². The van der Waals surface area contributed by atoms with Gasteiger partial charge < -0.3 is 0 Å². The van der Waals surface area contributed by atoms with Crippen LogP contribution in [0.15, 0.2) is 29.2 Å². The number of nitrogens with zero attached hydrogens (tertiary/aromatic N) is 1. The largest absolute Gasteiger partial charge is 0.243 e. The molecule has 1 aliphatic heterocycles. The van der Waals surface area contributed by atoms with Crippen LogP contribution in [0.4, 0.5) is 8.78 Å². The SMILES string of the molecule is Cc1ccc(S(=O)(=O)N2CCC[C@H](C(F)F)C2)cc1. The molecule has 106 valence electrons. The number of halogens is 2. The van der Waals surface area contributed by atoms with E-state index in [-0.39, 0.29) is 11.4 Å². The predicted octanol–water partition coefficient (Wildman–Crippen LogP) is 2.66. The minimum Gasteiger partial charge on any atom is -0.210 e. The molecule has 1 fully saturated rings. The summed E-state index contributed by atoms with van der Waals surface area (Å²) in [4.78, 5) is 0.174. The molecule has 1 heterocycles. The first-order valence-corrected chi connectivity index (χ1v) is 7.70. The molecule has 0 saturated carbocycles. The zero-order valence-corrected chi connectivity index (χ0v) is 11.5. The Morgan fingerprint density at radius 1 is 1.26 bits per heavy atom. The van der Waals surface area contributed by atoms with Crippen LogP contribution in [0.1, 0.15) is 18.4 Å². The molecule has 6 heteroatoms. The van der Waals surface area contributed by atoms with Crippen molar-refractivity contribution in [1.29, 1.82) is 0 Å². The first kappa shape index (κ1) is 14.4. The van der Waals surface area contributed by atoms with Crippen molar-refractivity contribution in [2.45, 2.75) is 31.1 Å². The minimum atomic E-state index is -3.65. The minimum absolute atomic E-state index is 0.0894. The molecular formula is C13H17F2NO2S. The van der Waals surface area contributed by atoms with Gasteiger partial charge in [-0.2, -0.15) is 4.31 Å². The molecule has 3 nitrogen and oxygen atoms in total. The molecule has 2 rings (SSSR count). The van der Waals surface area contributed by atoms with Crippen LogP contribution in [-0.2, 0) is 10.0 Å². The third-order valence-corrected chi connectivity index (χ3v) is 5.32. The Morgan fingerprint density at radius 3 is 2.47 bits per heavy atom. The lowest BCUT2D eigenvalue weighted by Crippen LogP contribution is -2.41. The van der Waals surface area contributed by atoms with E-state index in [0.717, 1.165) is 5.56 Å². The van der Waals surface area contributed by atoms with Crippen molar-refractivity contribution in [2.24, 2.45) is 5.92 Å². The van der Waals surface area contributed by atoms with E-state index >= 15 is 0 Å². The molecule has 1 aromatic carbocycles. The second-order valence-corrected chi connectivity index (χ2v) is 6.85. The molecule has 1 atom stereocenters. The molecule has 0 N–H and O–H groups in total. The van der Waals surface area contributed by atoms with Gasteiger partial charge in [-0.25, -0.2) is 17.2 Å². The highest BCUT2D eigenvalue weighted by atomic mass is 32.2. The summed E-state index contributed by atoms with van der Waals surface area (Å²) in [6, 6.07) is 6.47. The Kier molecular flexibility index (Phi) is 4.20. The van der Waals surface area contributed by atoms with Gasteiger partial charge in [-0.3, -0.25) is 0 Å². The van der Waals surface area contributed by atoms with Crippen molar-refractivity contribution < 1.29 is 17.2 Å². The maximum Gasteiger partial charge on any atom is 0.243 e. The third kappa shape index (κ3) is 3.12. The normalized spacial score (nSPS) is 21.8. The van der Waals surface area contributed by atoms with Crippen LogP contribution in [-0.4, -0.2) is 32.2 Å². The fourth-order valence-electron chi connectivity index (χ4n) is 2.26. The van der Waals surface area contributed by atoms with Gasteiger partial charge in [-0.1, -0.05) is 17.7 Å². The van der Waals surface area contributed by atoms with Crippen molar-refractivity contribution in [1.82, 2.24) is 4.31 Å². The summed E-state index contributed by atoms with van der Waals surface area (Å²) in [5.41, 5.74) is 0.961. The van der Waals surface area contributed by atoms with Crippen LogP contribution in [0.3, 0.4) is 0 Å². The van der Waals surface area contributed by atoms with E-state index in [1.807, 2.05) is 6.92 Å². The van der Waals surface area contributed by atoms with Gasteiger partial charge in [0.15, 0.2) is 0 Å². The van der Waals surface area contributed by atoms with Gasteiger partial charge in [0.25, 0.3) is 0 Å². The first-order chi connectivity index (χ1) is 8.91. The zero-order valence-electron chi connectivity index (χ0n) is 10.7. The van der Waals surface area contributed by atoms with Crippen LogP contribution >= 0.6 is 0 Å². The predicted molar refractivity (Wildman–Crippen MR) is 68.7 cm³/mol. The fourth-order valence-corrected chi connectivity index (χ4v) is 3.79. The number of piperidine rings is 1. The molecule has 0 bridgehead atoms. The Labute approximate surface area is 112 Å². The molecule has 0 unspecified atom stereocenters. The topological polar surface area (TPSA) is 37.4 Å². The Bertz CT molecular complexity index is 528. The van der Waals surface area contributed by atoms with Crippen molar-refractivity contribution in [3.63, 3.8) is 0 Å². The quantitative estimate of drug-likeness (QED) is 0.858. The second kappa shape index (κ2) is 5.54. The number of aryl methyl sites for hydroxylation is 1. The lowest BCUT2D eigenvalue weighted by molar-refractivity contribution is 0.0471. The Morgan fingerprint density at radius 2 is 1.89 bits per heavy atom. The highest BCUT2D eigenvalue weighted by Gasteiger charge is 2.33. The van der Waals surface area contributed by atoms with E-state index in [1.54, 1.807) is 12.1 Å². The average molecular weight is 289 g/mol. The average Bonchev–Trinajstić information content (AvgIpc) is 2.39. The van der Waals surface area contributed by atoms with Crippen LogP contribution in [0, 0.1) is 12.8 Å². The summed E-state index contributed by atoms with van der Waals surface area (Å²) in [7, 11) is -3.65. The smallest absolute Gasteiger partial charge is 0.210 e. The highest BCUT2D eigenvalue weighted by molar-refractivity contribution is 7.89. The molecular weight excluding hydrogens is 272 g/mol.